The van der Waals surface area contributed by atoms with Gasteiger partial charge in [-0.3, -0.25) is 14.5 Å². The zero-order chi connectivity index (χ0) is 27.1. The minimum atomic E-state index is -0.364. The number of benzene rings is 3. The predicted molar refractivity (Wildman–Crippen MR) is 144 cm³/mol. The second kappa shape index (κ2) is 12.5. The van der Waals surface area contributed by atoms with Gasteiger partial charge in [-0.2, -0.15) is 0 Å². The van der Waals surface area contributed by atoms with Gasteiger partial charge in [0.25, 0.3) is 11.8 Å². The van der Waals surface area contributed by atoms with Gasteiger partial charge in [0.2, 0.25) is 0 Å². The van der Waals surface area contributed by atoms with Crippen LogP contribution in [0.2, 0.25) is 0 Å². The molecule has 2 amide bonds. The molecule has 1 heterocycles. The molecule has 0 atom stereocenters. The van der Waals surface area contributed by atoms with Crippen LogP contribution in [0.4, 0.5) is 0 Å². The normalized spacial score (nSPS) is 12.6. The van der Waals surface area contributed by atoms with E-state index in [0.29, 0.717) is 24.4 Å². The van der Waals surface area contributed by atoms with Crippen LogP contribution >= 0.6 is 0 Å². The molecular formula is C30H34N2O6. The number of likely N-dealkylation sites (N-methyl/N-ethyl adjacent to an activating group) is 1. The van der Waals surface area contributed by atoms with Crippen LogP contribution in [0.5, 0.6) is 23.0 Å². The monoisotopic (exact) mass is 518 g/mol. The fourth-order valence-electron chi connectivity index (χ4n) is 4.33. The summed E-state index contributed by atoms with van der Waals surface area (Å²) < 4.78 is 22.8. The molecule has 0 saturated carbocycles. The third-order valence-corrected chi connectivity index (χ3v) is 6.69. The van der Waals surface area contributed by atoms with Gasteiger partial charge >= 0.3 is 0 Å². The highest BCUT2D eigenvalue weighted by Gasteiger charge is 2.39. The number of imide groups is 1. The van der Waals surface area contributed by atoms with Crippen molar-refractivity contribution in [3.05, 3.63) is 82.9 Å². The van der Waals surface area contributed by atoms with E-state index in [2.05, 4.69) is 18.7 Å². The number of hydrogen-bond acceptors (Lipinski definition) is 7. The highest BCUT2D eigenvalue weighted by atomic mass is 16.5. The van der Waals surface area contributed by atoms with E-state index >= 15 is 0 Å². The standard InChI is InChI=1S/C30H34N2O6/c1-5-31(6-2)17-18-32-29(33)25-15-16-26(37-19-21-7-11-23(35-3)12-8-21)28(27(25)30(32)34)38-20-22-9-13-24(36-4)14-10-22/h7-16H,5-6,17-20H2,1-4H3. The Morgan fingerprint density at radius 1 is 0.711 bits per heavy atom. The van der Waals surface area contributed by atoms with Crippen LogP contribution in [-0.4, -0.2) is 62.0 Å². The van der Waals surface area contributed by atoms with Gasteiger partial charge in [-0.25, -0.2) is 0 Å². The lowest BCUT2D eigenvalue weighted by atomic mass is 10.1. The number of fused-ring (bicyclic) bond motifs is 1. The molecule has 3 aromatic rings. The van der Waals surface area contributed by atoms with E-state index in [-0.39, 0.29) is 36.3 Å². The number of rotatable bonds is 13. The van der Waals surface area contributed by atoms with Gasteiger partial charge in [0.1, 0.15) is 24.7 Å². The summed E-state index contributed by atoms with van der Waals surface area (Å²) in [6, 6.07) is 18.4. The highest BCUT2D eigenvalue weighted by Crippen LogP contribution is 2.39. The zero-order valence-corrected chi connectivity index (χ0v) is 22.4. The lowest BCUT2D eigenvalue weighted by molar-refractivity contribution is 0.0636. The molecule has 4 rings (SSSR count). The molecule has 0 N–H and O–H groups in total. The zero-order valence-electron chi connectivity index (χ0n) is 22.4. The fraction of sp³-hybridized carbons (Fsp3) is 0.333. The van der Waals surface area contributed by atoms with E-state index < -0.39 is 0 Å². The Kier molecular flexibility index (Phi) is 8.86. The fourth-order valence-corrected chi connectivity index (χ4v) is 4.33. The Labute approximate surface area is 223 Å². The van der Waals surface area contributed by atoms with Crippen molar-refractivity contribution in [2.24, 2.45) is 0 Å². The molecule has 0 aliphatic carbocycles. The first-order valence-electron chi connectivity index (χ1n) is 12.8. The third kappa shape index (κ3) is 5.92. The number of hydrogen-bond donors (Lipinski definition) is 0. The smallest absolute Gasteiger partial charge is 0.265 e. The first-order valence-corrected chi connectivity index (χ1v) is 12.8. The minimum absolute atomic E-state index is 0.195. The van der Waals surface area contributed by atoms with Crippen molar-refractivity contribution >= 4 is 11.8 Å². The summed E-state index contributed by atoms with van der Waals surface area (Å²) in [6.45, 7) is 7.19. The Bertz CT molecular complexity index is 1250. The average molecular weight is 519 g/mol. The topological polar surface area (TPSA) is 77.5 Å². The second-order valence-corrected chi connectivity index (χ2v) is 8.88. The molecule has 0 radical (unpaired) electrons. The lowest BCUT2D eigenvalue weighted by Crippen LogP contribution is -2.38. The van der Waals surface area contributed by atoms with Gasteiger partial charge in [-0.15, -0.1) is 0 Å². The van der Waals surface area contributed by atoms with Gasteiger partial charge in [0.15, 0.2) is 11.5 Å². The van der Waals surface area contributed by atoms with Crippen molar-refractivity contribution in [1.82, 2.24) is 9.80 Å². The number of methoxy groups -OCH3 is 2. The summed E-state index contributed by atoms with van der Waals surface area (Å²) in [4.78, 5) is 30.2. The van der Waals surface area contributed by atoms with Crippen LogP contribution in [0.15, 0.2) is 60.7 Å². The number of nitrogens with zero attached hydrogens (tertiary/aromatic N) is 2. The van der Waals surface area contributed by atoms with Crippen LogP contribution in [0, 0.1) is 0 Å². The van der Waals surface area contributed by atoms with E-state index in [0.717, 1.165) is 35.7 Å². The van der Waals surface area contributed by atoms with E-state index in [9.17, 15) is 9.59 Å². The maximum absolute atomic E-state index is 13.5. The van der Waals surface area contributed by atoms with Gasteiger partial charge in [-0.05, 0) is 60.6 Å². The average Bonchev–Trinajstić information content (AvgIpc) is 3.20. The van der Waals surface area contributed by atoms with E-state index in [4.69, 9.17) is 18.9 Å². The molecule has 8 nitrogen and oxygen atoms in total. The molecular weight excluding hydrogens is 484 g/mol. The molecule has 0 saturated heterocycles. The van der Waals surface area contributed by atoms with E-state index in [1.807, 2.05) is 48.5 Å². The molecule has 1 aliphatic rings. The van der Waals surface area contributed by atoms with Crippen LogP contribution in [0.25, 0.3) is 0 Å². The highest BCUT2D eigenvalue weighted by molar-refractivity contribution is 6.23. The molecule has 200 valence electrons. The van der Waals surface area contributed by atoms with Crippen molar-refractivity contribution in [3.63, 3.8) is 0 Å². The first-order chi connectivity index (χ1) is 18.5. The molecule has 0 unspecified atom stereocenters. The number of carbonyl (C=O) groups is 2. The van der Waals surface area contributed by atoms with Gasteiger partial charge in [-0.1, -0.05) is 38.1 Å². The van der Waals surface area contributed by atoms with Crippen molar-refractivity contribution in [2.45, 2.75) is 27.1 Å². The first kappa shape index (κ1) is 27.0. The summed E-state index contributed by atoms with van der Waals surface area (Å²) >= 11 is 0. The number of carbonyl (C=O) groups excluding carboxylic acids is 2. The van der Waals surface area contributed by atoms with E-state index in [1.54, 1.807) is 26.4 Å². The quantitative estimate of drug-likeness (QED) is 0.301. The molecule has 0 bridgehead atoms. The largest absolute Gasteiger partial charge is 0.497 e. The Balaban J connectivity index is 1.61. The van der Waals surface area contributed by atoms with Crippen molar-refractivity contribution in [2.75, 3.05) is 40.4 Å². The second-order valence-electron chi connectivity index (χ2n) is 8.88. The van der Waals surface area contributed by atoms with Gasteiger partial charge < -0.3 is 23.8 Å². The van der Waals surface area contributed by atoms with Crippen LogP contribution in [0.3, 0.4) is 0 Å². The Morgan fingerprint density at radius 3 is 1.79 bits per heavy atom. The molecule has 8 heteroatoms. The summed E-state index contributed by atoms with van der Waals surface area (Å²) in [5.41, 5.74) is 2.39. The van der Waals surface area contributed by atoms with Crippen LogP contribution in [-0.2, 0) is 13.2 Å². The van der Waals surface area contributed by atoms with Crippen LogP contribution in [0.1, 0.15) is 45.7 Å². The lowest BCUT2D eigenvalue weighted by Gasteiger charge is -2.21. The van der Waals surface area contributed by atoms with Crippen LogP contribution < -0.4 is 18.9 Å². The molecule has 3 aromatic carbocycles. The molecule has 38 heavy (non-hydrogen) atoms. The van der Waals surface area contributed by atoms with Crippen molar-refractivity contribution in [3.8, 4) is 23.0 Å². The summed E-state index contributed by atoms with van der Waals surface area (Å²) in [7, 11) is 3.23. The SMILES string of the molecule is CCN(CC)CCN1C(=O)c2ccc(OCc3ccc(OC)cc3)c(OCc3ccc(OC)cc3)c2C1=O. The van der Waals surface area contributed by atoms with Gasteiger partial charge in [0, 0.05) is 13.1 Å². The summed E-state index contributed by atoms with van der Waals surface area (Å²) in [5.74, 6) is 1.49. The van der Waals surface area contributed by atoms with E-state index in [1.165, 1.54) is 4.90 Å². The number of ether oxygens (including phenoxy) is 4. The maximum atomic E-state index is 13.5. The third-order valence-electron chi connectivity index (χ3n) is 6.69. The van der Waals surface area contributed by atoms with Crippen molar-refractivity contribution < 1.29 is 28.5 Å². The summed E-state index contributed by atoms with van der Waals surface area (Å²) in [6.07, 6.45) is 0. The molecule has 0 spiro atoms. The summed E-state index contributed by atoms with van der Waals surface area (Å²) in [5, 5.41) is 0. The Hall–Kier alpha value is -4.04. The molecule has 1 aliphatic heterocycles. The molecule has 0 fully saturated rings. The minimum Gasteiger partial charge on any atom is -0.497 e. The Morgan fingerprint density at radius 2 is 1.26 bits per heavy atom. The predicted octanol–water partition coefficient (Wildman–Crippen LogP) is 4.80. The van der Waals surface area contributed by atoms with Gasteiger partial charge in [0.05, 0.1) is 25.3 Å². The van der Waals surface area contributed by atoms with Crippen molar-refractivity contribution in [1.29, 1.82) is 0 Å². The maximum Gasteiger partial charge on any atom is 0.265 e. The molecule has 0 aromatic heterocycles. The number of amides is 2.